The Morgan fingerprint density at radius 1 is 0.938 bits per heavy atom. The van der Waals surface area contributed by atoms with E-state index < -0.39 is 0 Å². The van der Waals surface area contributed by atoms with Gasteiger partial charge in [0.1, 0.15) is 0 Å². The topological polar surface area (TPSA) is 3.24 Å². The summed E-state index contributed by atoms with van der Waals surface area (Å²) in [6.45, 7) is 16.6. The summed E-state index contributed by atoms with van der Waals surface area (Å²) >= 11 is 0. The van der Waals surface area contributed by atoms with Crippen molar-refractivity contribution in [2.45, 2.75) is 84.0 Å². The maximum atomic E-state index is 2.70. The largest absolute Gasteiger partial charge is 0.243 e. The zero-order chi connectivity index (χ0) is 12.6. The highest BCUT2D eigenvalue weighted by molar-refractivity contribution is 7.83. The Bertz CT molecular complexity index is 258. The second-order valence-corrected chi connectivity index (χ2v) is 10.4. The van der Waals surface area contributed by atoms with Crippen LogP contribution in [0.3, 0.4) is 0 Å². The molecule has 0 aromatic heterocycles. The second kappa shape index (κ2) is 4.68. The van der Waals surface area contributed by atoms with E-state index in [0.29, 0.717) is 16.2 Å². The Labute approximate surface area is 105 Å². The highest BCUT2D eigenvalue weighted by Crippen LogP contribution is 2.47. The molecule has 0 bridgehead atoms. The maximum Gasteiger partial charge on any atom is 0.0243 e. The van der Waals surface area contributed by atoms with E-state index in [0.717, 1.165) is 0 Å². The van der Waals surface area contributed by atoms with Crippen molar-refractivity contribution in [3.05, 3.63) is 0 Å². The molecule has 0 aromatic rings. The van der Waals surface area contributed by atoms with Gasteiger partial charge in [0.25, 0.3) is 0 Å². The van der Waals surface area contributed by atoms with Crippen molar-refractivity contribution < 1.29 is 0 Å². The lowest BCUT2D eigenvalue weighted by molar-refractivity contribution is 0.0659. The average molecular weight is 259 g/mol. The molecule has 0 amide bonds. The molecule has 1 rings (SSSR count). The smallest absolute Gasteiger partial charge is 0.0243 e. The monoisotopic (exact) mass is 259 g/mol. The van der Waals surface area contributed by atoms with Crippen LogP contribution < -0.4 is 0 Å². The van der Waals surface area contributed by atoms with Gasteiger partial charge in [0, 0.05) is 24.3 Å². The third-order valence-electron chi connectivity index (χ3n) is 3.16. The molecule has 0 saturated carbocycles. The first-order chi connectivity index (χ1) is 7.05. The van der Waals surface area contributed by atoms with Crippen LogP contribution in [0.25, 0.3) is 0 Å². The highest BCUT2D eigenvalue weighted by Gasteiger charge is 2.40. The summed E-state index contributed by atoms with van der Waals surface area (Å²) in [5.74, 6) is 0. The molecule has 0 spiro atoms. The van der Waals surface area contributed by atoms with Gasteiger partial charge in [-0.3, -0.25) is 0 Å². The van der Waals surface area contributed by atoms with Crippen molar-refractivity contribution in [3.63, 3.8) is 0 Å². The van der Waals surface area contributed by atoms with Gasteiger partial charge in [-0.2, -0.15) is 0 Å². The van der Waals surface area contributed by atoms with Crippen molar-refractivity contribution in [1.29, 1.82) is 0 Å². The van der Waals surface area contributed by atoms with Gasteiger partial charge in [-0.1, -0.05) is 28.6 Å². The summed E-state index contributed by atoms with van der Waals surface area (Å²) in [5, 5.41) is 0.408. The van der Waals surface area contributed by atoms with Crippen LogP contribution in [0, 0.1) is 0 Å². The van der Waals surface area contributed by atoms with Crippen molar-refractivity contribution in [1.82, 2.24) is 4.67 Å². The van der Waals surface area contributed by atoms with E-state index in [2.05, 4.69) is 53.1 Å². The van der Waals surface area contributed by atoms with Crippen LogP contribution in [0.15, 0.2) is 0 Å². The summed E-state index contributed by atoms with van der Waals surface area (Å²) in [4.78, 5) is 0. The number of hydrogen-bond donors (Lipinski definition) is 0. The molecule has 0 atom stereocenters. The molecule has 1 aliphatic heterocycles. The van der Waals surface area contributed by atoms with E-state index in [1.54, 1.807) is 0 Å². The van der Waals surface area contributed by atoms with E-state index in [9.17, 15) is 0 Å². The first kappa shape index (κ1) is 14.6. The molecular weight excluding hydrogens is 232 g/mol. The molecule has 1 aliphatic rings. The molecule has 0 N–H and O–H groups in total. The predicted molar refractivity (Wildman–Crippen MR) is 77.4 cm³/mol. The van der Waals surface area contributed by atoms with Crippen LogP contribution in [0.4, 0.5) is 0 Å². The minimum Gasteiger partial charge on any atom is -0.243 e. The predicted octanol–water partition coefficient (Wildman–Crippen LogP) is 5.55. The van der Waals surface area contributed by atoms with Gasteiger partial charge in [0.05, 0.1) is 0 Å². The minimum absolute atomic E-state index is 0.363. The molecule has 0 aliphatic carbocycles. The zero-order valence-corrected chi connectivity index (χ0v) is 13.8. The van der Waals surface area contributed by atoms with Gasteiger partial charge in [-0.05, 0) is 47.0 Å². The number of rotatable bonds is 1. The molecule has 3 heteroatoms. The Morgan fingerprint density at radius 2 is 1.38 bits per heavy atom. The molecule has 94 valence electrons. The number of hydrogen-bond acceptors (Lipinski definition) is 0. The van der Waals surface area contributed by atoms with Gasteiger partial charge in [0.15, 0.2) is 0 Å². The fraction of sp³-hybridized carbons (Fsp3) is 1.00. The quantitative estimate of drug-likeness (QED) is 0.558. The lowest BCUT2D eigenvalue weighted by Crippen LogP contribution is -2.53. The van der Waals surface area contributed by atoms with Crippen molar-refractivity contribution >= 4 is 15.9 Å². The fourth-order valence-electron chi connectivity index (χ4n) is 2.41. The Morgan fingerprint density at radius 3 is 1.75 bits per heavy atom. The van der Waals surface area contributed by atoms with Gasteiger partial charge < -0.3 is 0 Å². The Hall–Kier alpha value is 0.560. The van der Waals surface area contributed by atoms with Crippen LogP contribution in [-0.2, 0) is 0 Å². The van der Waals surface area contributed by atoms with Crippen LogP contribution in [0.5, 0.6) is 0 Å². The molecule has 1 heterocycles. The fourth-order valence-corrected chi connectivity index (χ4v) is 5.97. The first-order valence-corrected chi connectivity index (χ1v) is 8.73. The first-order valence-electron chi connectivity index (χ1n) is 6.28. The average Bonchev–Trinajstić information content (AvgIpc) is 1.97. The summed E-state index contributed by atoms with van der Waals surface area (Å²) in [5.41, 5.74) is 0.725. The van der Waals surface area contributed by atoms with Gasteiger partial charge >= 0.3 is 0 Å². The molecular formula is C13H27NP2. The molecule has 1 fully saturated rings. The van der Waals surface area contributed by atoms with Crippen LogP contribution >= 0.6 is 15.9 Å². The van der Waals surface area contributed by atoms with E-state index in [1.165, 1.54) is 35.1 Å². The van der Waals surface area contributed by atoms with Crippen LogP contribution in [0.2, 0.25) is 0 Å². The molecule has 0 unspecified atom stereocenters. The van der Waals surface area contributed by atoms with Gasteiger partial charge in [0.2, 0.25) is 0 Å². The second-order valence-electron chi connectivity index (χ2n) is 7.15. The van der Waals surface area contributed by atoms with E-state index in [1.807, 2.05) is 0 Å². The standard InChI is InChI=1S/C13H27NP2/c1-11(2,3)15-16-14-12(4,5)9-8-10-13(14,6)7/h8-10H2,1-7H3. The van der Waals surface area contributed by atoms with Gasteiger partial charge in [-0.15, -0.1) is 0 Å². The van der Waals surface area contributed by atoms with Crippen LogP contribution in [0.1, 0.15) is 67.7 Å². The van der Waals surface area contributed by atoms with E-state index in [4.69, 9.17) is 0 Å². The molecule has 1 saturated heterocycles. The van der Waals surface area contributed by atoms with Crippen molar-refractivity contribution in [3.8, 4) is 0 Å². The maximum absolute atomic E-state index is 2.70. The summed E-state index contributed by atoms with van der Waals surface area (Å²) in [6.07, 6.45) is 4.05. The molecule has 1 nitrogen and oxygen atoms in total. The summed E-state index contributed by atoms with van der Waals surface area (Å²) in [7, 11) is 3.01. The highest BCUT2D eigenvalue weighted by atomic mass is 31.7. The lowest BCUT2D eigenvalue weighted by atomic mass is 9.83. The molecule has 0 aromatic carbocycles. The third kappa shape index (κ3) is 3.80. The van der Waals surface area contributed by atoms with E-state index in [-0.39, 0.29) is 0 Å². The van der Waals surface area contributed by atoms with Crippen molar-refractivity contribution in [2.24, 2.45) is 0 Å². The normalized spacial score (nSPS) is 26.2. The van der Waals surface area contributed by atoms with E-state index >= 15 is 0 Å². The molecule has 0 radical (unpaired) electrons. The lowest BCUT2D eigenvalue weighted by Gasteiger charge is -2.50. The zero-order valence-electron chi connectivity index (χ0n) is 12.0. The van der Waals surface area contributed by atoms with Crippen LogP contribution in [-0.4, -0.2) is 20.9 Å². The summed E-state index contributed by atoms with van der Waals surface area (Å²) in [6, 6.07) is 0. The Balaban J connectivity index is 2.92. The van der Waals surface area contributed by atoms with Crippen molar-refractivity contribution in [2.75, 3.05) is 0 Å². The number of nitrogens with zero attached hydrogens (tertiary/aromatic N) is 1. The third-order valence-corrected chi connectivity index (χ3v) is 7.71. The Kier molecular flexibility index (Phi) is 4.27. The summed E-state index contributed by atoms with van der Waals surface area (Å²) < 4.78 is 2.70. The minimum atomic E-state index is 0.363. The SMILES string of the molecule is CC(C)(C)P=PN1C(C)(C)CCCC1(C)C. The molecule has 16 heavy (non-hydrogen) atoms. The number of piperidine rings is 1. The van der Waals surface area contributed by atoms with Gasteiger partial charge in [-0.25, -0.2) is 4.67 Å².